The maximum Gasteiger partial charge on any atom is 0.294 e. The number of nitrogens with zero attached hydrogens (tertiary/aromatic N) is 1. The van der Waals surface area contributed by atoms with Gasteiger partial charge in [-0.2, -0.15) is 0 Å². The van der Waals surface area contributed by atoms with Crippen molar-refractivity contribution in [2.75, 3.05) is 11.2 Å². The van der Waals surface area contributed by atoms with E-state index in [1.165, 1.54) is 31.0 Å². The van der Waals surface area contributed by atoms with Gasteiger partial charge in [0.05, 0.1) is 10.9 Å². The minimum Gasteiger partial charge on any atom is -0.502 e. The minimum atomic E-state index is -0.290. The predicted octanol–water partition coefficient (Wildman–Crippen LogP) is 4.77. The first kappa shape index (κ1) is 15.8. The third-order valence-corrected chi connectivity index (χ3v) is 5.75. The van der Waals surface area contributed by atoms with Crippen LogP contribution in [0, 0.1) is 5.92 Å². The number of hydrogen-bond acceptors (Lipinski definition) is 3. The van der Waals surface area contributed by atoms with Crippen LogP contribution in [-0.4, -0.2) is 23.3 Å². The Bertz CT molecular complexity index is 593. The SMILES string of the molecule is CSC1=C(O)C(=O)N(c2ccc(Cl)cc2)C1C1CCCCC1. The molecule has 1 unspecified atom stereocenters. The van der Waals surface area contributed by atoms with Gasteiger partial charge in [0.25, 0.3) is 5.91 Å². The molecular weight excluding hydrogens is 318 g/mol. The number of thioether (sulfide) groups is 1. The molecule has 5 heteroatoms. The number of benzene rings is 1. The summed E-state index contributed by atoms with van der Waals surface area (Å²) in [6.07, 6.45) is 7.82. The predicted molar refractivity (Wildman–Crippen MR) is 92.5 cm³/mol. The summed E-state index contributed by atoms with van der Waals surface area (Å²) in [5.41, 5.74) is 0.806. The van der Waals surface area contributed by atoms with Gasteiger partial charge in [0.1, 0.15) is 0 Å². The van der Waals surface area contributed by atoms with E-state index in [4.69, 9.17) is 11.6 Å². The van der Waals surface area contributed by atoms with Gasteiger partial charge in [-0.1, -0.05) is 30.9 Å². The molecule has 1 aliphatic carbocycles. The highest BCUT2D eigenvalue weighted by atomic mass is 35.5. The van der Waals surface area contributed by atoms with E-state index in [0.29, 0.717) is 10.9 Å². The van der Waals surface area contributed by atoms with Crippen molar-refractivity contribution in [1.82, 2.24) is 0 Å². The van der Waals surface area contributed by atoms with Crippen LogP contribution >= 0.6 is 23.4 Å². The Kier molecular flexibility index (Phi) is 4.69. The summed E-state index contributed by atoms with van der Waals surface area (Å²) < 4.78 is 0. The molecule has 0 aromatic heterocycles. The summed E-state index contributed by atoms with van der Waals surface area (Å²) in [6, 6.07) is 7.25. The highest BCUT2D eigenvalue weighted by Gasteiger charge is 2.44. The van der Waals surface area contributed by atoms with Crippen molar-refractivity contribution in [3.63, 3.8) is 0 Å². The lowest BCUT2D eigenvalue weighted by Gasteiger charge is -2.35. The topological polar surface area (TPSA) is 40.5 Å². The van der Waals surface area contributed by atoms with Crippen LogP contribution in [0.2, 0.25) is 5.02 Å². The van der Waals surface area contributed by atoms with Crippen molar-refractivity contribution >= 4 is 35.0 Å². The maximum absolute atomic E-state index is 12.6. The van der Waals surface area contributed by atoms with E-state index in [1.54, 1.807) is 17.0 Å². The second kappa shape index (κ2) is 6.55. The highest BCUT2D eigenvalue weighted by Crippen LogP contribution is 2.43. The van der Waals surface area contributed by atoms with E-state index in [-0.39, 0.29) is 17.7 Å². The van der Waals surface area contributed by atoms with Crippen LogP contribution in [0.5, 0.6) is 0 Å². The number of rotatable bonds is 3. The Hall–Kier alpha value is -1.13. The standard InChI is InChI=1S/C17H20ClNO2S/c1-22-16-14(11-5-3-2-4-6-11)19(17(21)15(16)20)13-9-7-12(18)8-10-13/h7-11,14,20H,2-6H2,1H3. The van der Waals surface area contributed by atoms with Gasteiger partial charge in [-0.25, -0.2) is 0 Å². The zero-order chi connectivity index (χ0) is 15.7. The Morgan fingerprint density at radius 3 is 2.41 bits per heavy atom. The van der Waals surface area contributed by atoms with Crippen molar-refractivity contribution in [1.29, 1.82) is 0 Å². The molecule has 0 saturated heterocycles. The molecule has 1 N–H and O–H groups in total. The summed E-state index contributed by atoms with van der Waals surface area (Å²) in [5, 5.41) is 10.9. The molecule has 0 radical (unpaired) electrons. The maximum atomic E-state index is 12.6. The molecular formula is C17H20ClNO2S. The van der Waals surface area contributed by atoms with Crippen molar-refractivity contribution in [2.45, 2.75) is 38.1 Å². The number of amides is 1. The molecule has 1 fully saturated rings. The van der Waals surface area contributed by atoms with Gasteiger partial charge in [-0.05, 0) is 49.3 Å². The number of hydrogen-bond donors (Lipinski definition) is 1. The first-order valence-corrected chi connectivity index (χ1v) is 9.30. The molecule has 3 rings (SSSR count). The molecule has 22 heavy (non-hydrogen) atoms. The molecule has 1 atom stereocenters. The summed E-state index contributed by atoms with van der Waals surface area (Å²) in [7, 11) is 0. The van der Waals surface area contributed by atoms with Crippen molar-refractivity contribution < 1.29 is 9.90 Å². The second-order valence-electron chi connectivity index (χ2n) is 5.91. The summed E-state index contributed by atoms with van der Waals surface area (Å²) in [5.74, 6) is 0.0424. The van der Waals surface area contributed by atoms with Crippen LogP contribution in [0.3, 0.4) is 0 Å². The number of carbonyl (C=O) groups excluding carboxylic acids is 1. The number of aliphatic hydroxyl groups excluding tert-OH is 1. The molecule has 118 valence electrons. The van der Waals surface area contributed by atoms with Crippen LogP contribution < -0.4 is 4.90 Å². The van der Waals surface area contributed by atoms with Gasteiger partial charge < -0.3 is 5.11 Å². The summed E-state index contributed by atoms with van der Waals surface area (Å²) in [4.78, 5) is 15.2. The van der Waals surface area contributed by atoms with Gasteiger partial charge in [0.2, 0.25) is 0 Å². The number of carbonyl (C=O) groups is 1. The lowest BCUT2D eigenvalue weighted by atomic mass is 9.83. The molecule has 1 saturated carbocycles. The first-order chi connectivity index (χ1) is 10.6. The average Bonchev–Trinajstić information content (AvgIpc) is 2.80. The average molecular weight is 338 g/mol. The quantitative estimate of drug-likeness (QED) is 0.863. The van der Waals surface area contributed by atoms with E-state index in [2.05, 4.69) is 0 Å². The molecule has 0 bridgehead atoms. The lowest BCUT2D eigenvalue weighted by molar-refractivity contribution is -0.117. The van der Waals surface area contributed by atoms with E-state index in [0.717, 1.165) is 23.4 Å². The number of halogens is 1. The van der Waals surface area contributed by atoms with Gasteiger partial charge in [-0.15, -0.1) is 11.8 Å². The van der Waals surface area contributed by atoms with Crippen molar-refractivity contribution in [2.24, 2.45) is 5.92 Å². The number of anilines is 1. The molecule has 2 aliphatic rings. The van der Waals surface area contributed by atoms with Gasteiger partial charge in [-0.3, -0.25) is 9.69 Å². The minimum absolute atomic E-state index is 0.0380. The van der Waals surface area contributed by atoms with E-state index in [1.807, 2.05) is 18.4 Å². The Morgan fingerprint density at radius 2 is 1.82 bits per heavy atom. The fourth-order valence-electron chi connectivity index (χ4n) is 3.57. The van der Waals surface area contributed by atoms with E-state index >= 15 is 0 Å². The van der Waals surface area contributed by atoms with E-state index in [9.17, 15) is 9.90 Å². The molecule has 3 nitrogen and oxygen atoms in total. The van der Waals surface area contributed by atoms with Crippen LogP contribution in [0.1, 0.15) is 32.1 Å². The van der Waals surface area contributed by atoms with Crippen molar-refractivity contribution in [3.8, 4) is 0 Å². The van der Waals surface area contributed by atoms with Gasteiger partial charge in [0, 0.05) is 10.7 Å². The molecule has 0 spiro atoms. The van der Waals surface area contributed by atoms with Crippen molar-refractivity contribution in [3.05, 3.63) is 40.0 Å². The zero-order valence-corrected chi connectivity index (χ0v) is 14.2. The fourth-order valence-corrected chi connectivity index (χ4v) is 4.52. The lowest BCUT2D eigenvalue weighted by Crippen LogP contribution is -2.41. The molecule has 1 aromatic carbocycles. The van der Waals surface area contributed by atoms with Crippen LogP contribution in [0.15, 0.2) is 34.9 Å². The van der Waals surface area contributed by atoms with Crippen LogP contribution in [-0.2, 0) is 4.79 Å². The molecule has 1 amide bonds. The third-order valence-electron chi connectivity index (χ3n) is 4.62. The Balaban J connectivity index is 1.99. The zero-order valence-electron chi connectivity index (χ0n) is 12.6. The molecule has 1 aromatic rings. The smallest absolute Gasteiger partial charge is 0.294 e. The second-order valence-corrected chi connectivity index (χ2v) is 7.20. The first-order valence-electron chi connectivity index (χ1n) is 7.69. The largest absolute Gasteiger partial charge is 0.502 e. The van der Waals surface area contributed by atoms with Gasteiger partial charge >= 0.3 is 0 Å². The molecule has 1 heterocycles. The summed E-state index contributed by atoms with van der Waals surface area (Å²) >= 11 is 7.45. The summed E-state index contributed by atoms with van der Waals surface area (Å²) in [6.45, 7) is 0. The fraction of sp³-hybridized carbons (Fsp3) is 0.471. The number of aliphatic hydroxyl groups is 1. The Morgan fingerprint density at radius 1 is 1.18 bits per heavy atom. The monoisotopic (exact) mass is 337 g/mol. The van der Waals surface area contributed by atoms with Gasteiger partial charge in [0.15, 0.2) is 5.76 Å². The Labute approximate surface area is 140 Å². The van der Waals surface area contributed by atoms with E-state index < -0.39 is 0 Å². The van der Waals surface area contributed by atoms with Crippen LogP contribution in [0.4, 0.5) is 5.69 Å². The third kappa shape index (κ3) is 2.74. The highest BCUT2D eigenvalue weighted by molar-refractivity contribution is 8.02. The molecule has 1 aliphatic heterocycles. The normalized spacial score (nSPS) is 23.5. The van der Waals surface area contributed by atoms with Crippen LogP contribution in [0.25, 0.3) is 0 Å².